The van der Waals surface area contributed by atoms with E-state index in [9.17, 15) is 9.59 Å². The van der Waals surface area contributed by atoms with Gasteiger partial charge in [-0.05, 0) is 26.0 Å². The van der Waals surface area contributed by atoms with Crippen LogP contribution in [0.15, 0.2) is 30.3 Å². The lowest BCUT2D eigenvalue weighted by atomic mass is 10.2. The summed E-state index contributed by atoms with van der Waals surface area (Å²) in [5.41, 5.74) is 2.66. The first-order chi connectivity index (χ1) is 8.15. The quantitative estimate of drug-likeness (QED) is 0.619. The minimum atomic E-state index is -0.831. The number of esters is 1. The molecule has 0 aliphatic rings. The lowest BCUT2D eigenvalue weighted by Gasteiger charge is -2.11. The van der Waals surface area contributed by atoms with Crippen LogP contribution < -0.4 is 5.48 Å². The molecule has 0 bridgehead atoms. The molecule has 0 aromatic heterocycles. The third kappa shape index (κ3) is 4.24. The summed E-state index contributed by atoms with van der Waals surface area (Å²) in [6.45, 7) is 3.48. The molecule has 5 heteroatoms. The molecule has 0 spiro atoms. The molecule has 1 aromatic rings. The van der Waals surface area contributed by atoms with Crippen LogP contribution in [0.25, 0.3) is 0 Å². The van der Waals surface area contributed by atoms with Crippen LogP contribution in [0.5, 0.6) is 0 Å². The molecule has 1 atom stereocenters. The van der Waals surface area contributed by atoms with Crippen LogP contribution in [0.1, 0.15) is 24.2 Å². The normalized spacial score (nSPS) is 11.6. The van der Waals surface area contributed by atoms with Crippen molar-refractivity contribution in [3.8, 4) is 0 Å². The largest absolute Gasteiger partial charge is 0.464 e. The van der Waals surface area contributed by atoms with Crippen LogP contribution in [0.2, 0.25) is 0 Å². The summed E-state index contributed by atoms with van der Waals surface area (Å²) < 4.78 is 4.73. The molecule has 0 saturated heterocycles. The number of amides is 1. The van der Waals surface area contributed by atoms with E-state index in [0.29, 0.717) is 5.56 Å². The van der Waals surface area contributed by atoms with E-state index in [-0.39, 0.29) is 6.61 Å². The molecule has 17 heavy (non-hydrogen) atoms. The van der Waals surface area contributed by atoms with E-state index < -0.39 is 18.0 Å². The average molecular weight is 237 g/mol. The predicted octanol–water partition coefficient (Wildman–Crippen LogP) is 1.30. The number of carbonyl (C=O) groups is 2. The Labute approximate surface area is 99.7 Å². The SMILES string of the molecule is CCOC(=O)C(C)ONC(=O)c1ccccc1. The number of ether oxygens (including phenoxy) is 1. The Bertz CT molecular complexity index is 377. The highest BCUT2D eigenvalue weighted by atomic mass is 16.7. The summed E-state index contributed by atoms with van der Waals surface area (Å²) in [6.07, 6.45) is -0.831. The standard InChI is InChI=1S/C12H15NO4/c1-3-16-12(15)9(2)17-13-11(14)10-7-5-4-6-8-10/h4-9H,3H2,1-2H3,(H,13,14). The Morgan fingerprint density at radius 1 is 1.29 bits per heavy atom. The van der Waals surface area contributed by atoms with Gasteiger partial charge in [0.05, 0.1) is 6.61 Å². The van der Waals surface area contributed by atoms with E-state index in [1.807, 2.05) is 0 Å². The second kappa shape index (κ2) is 6.65. The Hall–Kier alpha value is -1.88. The van der Waals surface area contributed by atoms with Crippen molar-refractivity contribution >= 4 is 11.9 Å². The fourth-order valence-electron chi connectivity index (χ4n) is 1.10. The zero-order valence-corrected chi connectivity index (χ0v) is 9.80. The maximum absolute atomic E-state index is 11.5. The Morgan fingerprint density at radius 3 is 2.53 bits per heavy atom. The summed E-state index contributed by atoms with van der Waals surface area (Å²) in [4.78, 5) is 27.6. The van der Waals surface area contributed by atoms with E-state index in [2.05, 4.69) is 5.48 Å². The van der Waals surface area contributed by atoms with Gasteiger partial charge >= 0.3 is 5.97 Å². The molecule has 5 nitrogen and oxygen atoms in total. The highest BCUT2D eigenvalue weighted by Gasteiger charge is 2.16. The average Bonchev–Trinajstić information content (AvgIpc) is 2.36. The Balaban J connectivity index is 2.41. The highest BCUT2D eigenvalue weighted by molar-refractivity contribution is 5.93. The molecular weight excluding hydrogens is 222 g/mol. The van der Waals surface area contributed by atoms with Gasteiger partial charge in [-0.2, -0.15) is 0 Å². The first-order valence-electron chi connectivity index (χ1n) is 5.32. The van der Waals surface area contributed by atoms with Crippen LogP contribution in [0.4, 0.5) is 0 Å². The van der Waals surface area contributed by atoms with Crippen LogP contribution in [-0.4, -0.2) is 24.6 Å². The maximum atomic E-state index is 11.5. The zero-order chi connectivity index (χ0) is 12.7. The van der Waals surface area contributed by atoms with Crippen molar-refractivity contribution in [2.24, 2.45) is 0 Å². The number of carbonyl (C=O) groups excluding carboxylic acids is 2. The van der Waals surface area contributed by atoms with E-state index in [4.69, 9.17) is 9.57 Å². The first kappa shape index (κ1) is 13.2. The molecule has 1 N–H and O–H groups in total. The molecule has 0 aliphatic heterocycles. The topological polar surface area (TPSA) is 64.6 Å². The lowest BCUT2D eigenvalue weighted by Crippen LogP contribution is -2.33. The van der Waals surface area contributed by atoms with Gasteiger partial charge in [-0.25, -0.2) is 10.3 Å². The summed E-state index contributed by atoms with van der Waals surface area (Å²) in [7, 11) is 0. The molecule has 1 unspecified atom stereocenters. The molecule has 1 rings (SSSR count). The Morgan fingerprint density at radius 2 is 1.94 bits per heavy atom. The van der Waals surface area contributed by atoms with E-state index in [0.717, 1.165) is 0 Å². The van der Waals surface area contributed by atoms with Crippen LogP contribution in [0.3, 0.4) is 0 Å². The monoisotopic (exact) mass is 237 g/mol. The van der Waals surface area contributed by atoms with Crippen LogP contribution >= 0.6 is 0 Å². The number of benzene rings is 1. The smallest absolute Gasteiger partial charge is 0.337 e. The number of hydrogen-bond acceptors (Lipinski definition) is 4. The molecule has 0 heterocycles. The zero-order valence-electron chi connectivity index (χ0n) is 9.80. The fourth-order valence-corrected chi connectivity index (χ4v) is 1.10. The number of rotatable bonds is 5. The third-order valence-corrected chi connectivity index (χ3v) is 1.98. The van der Waals surface area contributed by atoms with E-state index in [1.165, 1.54) is 6.92 Å². The van der Waals surface area contributed by atoms with Gasteiger partial charge in [0.2, 0.25) is 0 Å². The van der Waals surface area contributed by atoms with Gasteiger partial charge in [0.1, 0.15) is 0 Å². The highest BCUT2D eigenvalue weighted by Crippen LogP contribution is 1.99. The van der Waals surface area contributed by atoms with Crippen molar-refractivity contribution in [1.82, 2.24) is 5.48 Å². The molecular formula is C12H15NO4. The summed E-state index contributed by atoms with van der Waals surface area (Å²) in [5.74, 6) is -0.914. The van der Waals surface area contributed by atoms with Crippen LogP contribution in [0, 0.1) is 0 Å². The van der Waals surface area contributed by atoms with Gasteiger partial charge in [-0.3, -0.25) is 9.63 Å². The minimum Gasteiger partial charge on any atom is -0.464 e. The second-order valence-corrected chi connectivity index (χ2v) is 3.31. The summed E-state index contributed by atoms with van der Waals surface area (Å²) >= 11 is 0. The van der Waals surface area contributed by atoms with Crippen molar-refractivity contribution in [2.45, 2.75) is 20.0 Å². The summed E-state index contributed by atoms with van der Waals surface area (Å²) in [5, 5.41) is 0. The molecule has 92 valence electrons. The van der Waals surface area contributed by atoms with Gasteiger partial charge in [-0.15, -0.1) is 0 Å². The third-order valence-electron chi connectivity index (χ3n) is 1.98. The van der Waals surface area contributed by atoms with Gasteiger partial charge < -0.3 is 4.74 Å². The van der Waals surface area contributed by atoms with Gasteiger partial charge in [-0.1, -0.05) is 18.2 Å². The second-order valence-electron chi connectivity index (χ2n) is 3.31. The lowest BCUT2D eigenvalue weighted by molar-refractivity contribution is -0.158. The van der Waals surface area contributed by atoms with Crippen molar-refractivity contribution in [3.63, 3.8) is 0 Å². The first-order valence-corrected chi connectivity index (χ1v) is 5.32. The number of hydrogen-bond donors (Lipinski definition) is 1. The fraction of sp³-hybridized carbons (Fsp3) is 0.333. The molecule has 0 saturated carbocycles. The van der Waals surface area contributed by atoms with Crippen molar-refractivity contribution in [2.75, 3.05) is 6.61 Å². The molecule has 0 radical (unpaired) electrons. The van der Waals surface area contributed by atoms with E-state index >= 15 is 0 Å². The summed E-state index contributed by atoms with van der Waals surface area (Å²) in [6, 6.07) is 8.58. The van der Waals surface area contributed by atoms with Gasteiger partial charge in [0.15, 0.2) is 6.10 Å². The number of nitrogens with one attached hydrogen (secondary N) is 1. The van der Waals surface area contributed by atoms with Crippen LogP contribution in [-0.2, 0) is 14.4 Å². The van der Waals surface area contributed by atoms with Gasteiger partial charge in [0, 0.05) is 5.56 Å². The minimum absolute atomic E-state index is 0.277. The van der Waals surface area contributed by atoms with Crippen molar-refractivity contribution < 1.29 is 19.2 Å². The molecule has 0 fully saturated rings. The maximum Gasteiger partial charge on any atom is 0.337 e. The predicted molar refractivity (Wildman–Crippen MR) is 61.1 cm³/mol. The molecule has 1 amide bonds. The van der Waals surface area contributed by atoms with Crippen molar-refractivity contribution in [1.29, 1.82) is 0 Å². The van der Waals surface area contributed by atoms with Crippen molar-refractivity contribution in [3.05, 3.63) is 35.9 Å². The van der Waals surface area contributed by atoms with Gasteiger partial charge in [0.25, 0.3) is 5.91 Å². The number of hydroxylamine groups is 1. The molecule has 1 aromatic carbocycles. The Kier molecular flexibility index (Phi) is 5.16. The van der Waals surface area contributed by atoms with E-state index in [1.54, 1.807) is 37.3 Å². The molecule has 0 aliphatic carbocycles.